The molecule has 0 aliphatic carbocycles. The van der Waals surface area contributed by atoms with Crippen LogP contribution in [0.5, 0.6) is 0 Å². The van der Waals surface area contributed by atoms with Crippen LogP contribution < -0.4 is 5.32 Å². The van der Waals surface area contributed by atoms with E-state index < -0.39 is 0 Å². The molecule has 0 amide bonds. The molecule has 0 fully saturated rings. The van der Waals surface area contributed by atoms with E-state index in [0.29, 0.717) is 5.02 Å². The molecule has 2 nitrogen and oxygen atoms in total. The zero-order chi connectivity index (χ0) is 8.27. The summed E-state index contributed by atoms with van der Waals surface area (Å²) >= 11 is 5.70. The van der Waals surface area contributed by atoms with E-state index in [0.717, 1.165) is 11.4 Å². The van der Waals surface area contributed by atoms with Crippen molar-refractivity contribution in [2.24, 2.45) is 0 Å². The number of rotatable bonds is 2. The first-order valence-electron chi connectivity index (χ1n) is 3.23. The summed E-state index contributed by atoms with van der Waals surface area (Å²) in [5, 5.41) is 3.55. The molecular formula is C8H9ClN2. The monoisotopic (exact) mass is 168 g/mol. The van der Waals surface area contributed by atoms with Crippen molar-refractivity contribution in [3.63, 3.8) is 0 Å². The molecule has 1 rings (SSSR count). The first kappa shape index (κ1) is 8.08. The smallest absolute Gasteiger partial charge is 0.132 e. The van der Waals surface area contributed by atoms with Crippen LogP contribution in [0.2, 0.25) is 5.02 Å². The van der Waals surface area contributed by atoms with Crippen molar-refractivity contribution in [3.05, 3.63) is 35.6 Å². The zero-order valence-corrected chi connectivity index (χ0v) is 7.02. The molecule has 0 aliphatic rings. The summed E-state index contributed by atoms with van der Waals surface area (Å²) in [5.41, 5.74) is 1.01. The van der Waals surface area contributed by atoms with Crippen LogP contribution in [0.25, 0.3) is 0 Å². The number of aryl methyl sites for hydroxylation is 1. The summed E-state index contributed by atoms with van der Waals surface area (Å²) in [4.78, 5) is 4.05. The Morgan fingerprint density at radius 3 is 3.00 bits per heavy atom. The maximum Gasteiger partial charge on any atom is 0.132 e. The van der Waals surface area contributed by atoms with Crippen molar-refractivity contribution in [2.45, 2.75) is 6.92 Å². The minimum atomic E-state index is 0.650. The number of halogens is 1. The quantitative estimate of drug-likeness (QED) is 0.735. The topological polar surface area (TPSA) is 24.9 Å². The minimum Gasteiger partial charge on any atom is -0.347 e. The maximum absolute atomic E-state index is 5.70. The molecule has 0 radical (unpaired) electrons. The first-order chi connectivity index (χ1) is 5.24. The van der Waals surface area contributed by atoms with E-state index in [2.05, 4.69) is 16.9 Å². The highest BCUT2D eigenvalue weighted by Crippen LogP contribution is 2.15. The summed E-state index contributed by atoms with van der Waals surface area (Å²) in [6.07, 6.45) is 3.18. The van der Waals surface area contributed by atoms with Crippen LogP contribution in [0.1, 0.15) is 5.56 Å². The molecule has 0 saturated carbocycles. The predicted molar refractivity (Wildman–Crippen MR) is 47.8 cm³/mol. The van der Waals surface area contributed by atoms with Gasteiger partial charge in [-0.25, -0.2) is 4.98 Å². The lowest BCUT2D eigenvalue weighted by Crippen LogP contribution is -1.92. The van der Waals surface area contributed by atoms with Crippen LogP contribution in [-0.2, 0) is 0 Å². The second-order valence-electron chi connectivity index (χ2n) is 2.17. The average Bonchev–Trinajstić information content (AvgIpc) is 1.95. The molecule has 0 aliphatic heterocycles. The maximum atomic E-state index is 5.70. The van der Waals surface area contributed by atoms with Gasteiger partial charge in [-0.05, 0) is 24.8 Å². The first-order valence-corrected chi connectivity index (χ1v) is 3.61. The van der Waals surface area contributed by atoms with Crippen molar-refractivity contribution in [3.8, 4) is 0 Å². The number of nitrogens with zero attached hydrogens (tertiary/aromatic N) is 1. The molecule has 0 spiro atoms. The van der Waals surface area contributed by atoms with Gasteiger partial charge in [0.1, 0.15) is 5.82 Å². The third-order valence-corrected chi connectivity index (χ3v) is 1.49. The van der Waals surface area contributed by atoms with Gasteiger partial charge in [0.05, 0.1) is 5.02 Å². The Bertz CT molecular complexity index is 271. The van der Waals surface area contributed by atoms with Crippen LogP contribution in [0, 0.1) is 6.92 Å². The molecule has 58 valence electrons. The van der Waals surface area contributed by atoms with Gasteiger partial charge in [0.15, 0.2) is 0 Å². The molecule has 0 saturated heterocycles. The highest BCUT2D eigenvalue weighted by molar-refractivity contribution is 6.30. The van der Waals surface area contributed by atoms with Crippen molar-refractivity contribution >= 4 is 17.4 Å². The third kappa shape index (κ3) is 1.95. The fraction of sp³-hybridized carbons (Fsp3) is 0.125. The number of pyridine rings is 1. The standard InChI is InChI=1S/C8H9ClN2/c1-3-10-8-6(2)4-7(9)5-11-8/h3-5H,1H2,2H3,(H,10,11). The number of nitrogens with one attached hydrogen (secondary N) is 1. The van der Waals surface area contributed by atoms with Crippen LogP contribution >= 0.6 is 11.6 Å². The Morgan fingerprint density at radius 2 is 2.45 bits per heavy atom. The van der Waals surface area contributed by atoms with E-state index in [4.69, 9.17) is 11.6 Å². The Morgan fingerprint density at radius 1 is 1.73 bits per heavy atom. The van der Waals surface area contributed by atoms with E-state index in [1.165, 1.54) is 0 Å². The molecule has 0 unspecified atom stereocenters. The Kier molecular flexibility index (Phi) is 2.49. The molecular weight excluding hydrogens is 160 g/mol. The van der Waals surface area contributed by atoms with Gasteiger partial charge in [-0.1, -0.05) is 18.2 Å². The number of hydrogen-bond donors (Lipinski definition) is 1. The molecule has 1 heterocycles. The highest BCUT2D eigenvalue weighted by atomic mass is 35.5. The molecule has 0 bridgehead atoms. The highest BCUT2D eigenvalue weighted by Gasteiger charge is 1.96. The van der Waals surface area contributed by atoms with Gasteiger partial charge in [-0.15, -0.1) is 0 Å². The zero-order valence-electron chi connectivity index (χ0n) is 6.26. The third-order valence-electron chi connectivity index (χ3n) is 1.28. The lowest BCUT2D eigenvalue weighted by Gasteiger charge is -2.02. The summed E-state index contributed by atoms with van der Waals surface area (Å²) in [6.45, 7) is 5.47. The van der Waals surface area contributed by atoms with Gasteiger partial charge >= 0.3 is 0 Å². The Balaban J connectivity index is 2.98. The van der Waals surface area contributed by atoms with Crippen LogP contribution in [0.15, 0.2) is 25.0 Å². The van der Waals surface area contributed by atoms with Crippen molar-refractivity contribution in [2.75, 3.05) is 5.32 Å². The number of hydrogen-bond acceptors (Lipinski definition) is 2. The van der Waals surface area contributed by atoms with E-state index in [1.807, 2.05) is 13.0 Å². The van der Waals surface area contributed by atoms with Gasteiger partial charge in [-0.2, -0.15) is 0 Å². The number of aromatic nitrogens is 1. The van der Waals surface area contributed by atoms with Gasteiger partial charge in [0, 0.05) is 6.20 Å². The normalized spacial score (nSPS) is 9.27. The summed E-state index contributed by atoms with van der Waals surface area (Å²) < 4.78 is 0. The fourth-order valence-electron chi connectivity index (χ4n) is 0.788. The molecule has 1 aromatic rings. The second-order valence-corrected chi connectivity index (χ2v) is 2.60. The lowest BCUT2D eigenvalue weighted by molar-refractivity contribution is 1.26. The molecule has 3 heteroatoms. The van der Waals surface area contributed by atoms with E-state index in [-0.39, 0.29) is 0 Å². The summed E-state index contributed by atoms with van der Waals surface area (Å²) in [5.74, 6) is 0.796. The Hall–Kier alpha value is -1.02. The largest absolute Gasteiger partial charge is 0.347 e. The van der Waals surface area contributed by atoms with Crippen LogP contribution in [0.3, 0.4) is 0 Å². The van der Waals surface area contributed by atoms with Gasteiger partial charge in [0.2, 0.25) is 0 Å². The lowest BCUT2D eigenvalue weighted by atomic mass is 10.3. The van der Waals surface area contributed by atoms with Crippen molar-refractivity contribution in [1.82, 2.24) is 4.98 Å². The van der Waals surface area contributed by atoms with Gasteiger partial charge in [0.25, 0.3) is 0 Å². The molecule has 1 N–H and O–H groups in total. The van der Waals surface area contributed by atoms with Crippen LogP contribution in [-0.4, -0.2) is 4.98 Å². The summed E-state index contributed by atoms with van der Waals surface area (Å²) in [6, 6.07) is 1.85. The number of anilines is 1. The van der Waals surface area contributed by atoms with Crippen molar-refractivity contribution < 1.29 is 0 Å². The fourth-order valence-corrected chi connectivity index (χ4v) is 1.00. The minimum absolute atomic E-state index is 0.650. The van der Waals surface area contributed by atoms with Crippen molar-refractivity contribution in [1.29, 1.82) is 0 Å². The van der Waals surface area contributed by atoms with E-state index >= 15 is 0 Å². The van der Waals surface area contributed by atoms with Crippen LogP contribution in [0.4, 0.5) is 5.82 Å². The summed E-state index contributed by atoms with van der Waals surface area (Å²) in [7, 11) is 0. The molecule has 11 heavy (non-hydrogen) atoms. The van der Waals surface area contributed by atoms with Gasteiger partial charge in [-0.3, -0.25) is 0 Å². The Labute approximate surface area is 70.9 Å². The predicted octanol–water partition coefficient (Wildman–Crippen LogP) is 2.60. The van der Waals surface area contributed by atoms with Gasteiger partial charge < -0.3 is 5.32 Å². The molecule has 0 aromatic carbocycles. The molecule has 0 atom stereocenters. The average molecular weight is 169 g/mol. The SMILES string of the molecule is C=CNc1ncc(Cl)cc1C. The van der Waals surface area contributed by atoms with E-state index in [9.17, 15) is 0 Å². The molecule has 1 aromatic heterocycles. The van der Waals surface area contributed by atoms with E-state index in [1.54, 1.807) is 12.4 Å². The second kappa shape index (κ2) is 3.39.